The van der Waals surface area contributed by atoms with Gasteiger partial charge in [-0.1, -0.05) is 41.9 Å². The first-order valence-electron chi connectivity index (χ1n) is 7.56. The molecule has 0 aromatic heterocycles. The maximum atomic E-state index is 12.8. The lowest BCUT2D eigenvalue weighted by Crippen LogP contribution is -2.40. The zero-order chi connectivity index (χ0) is 18.4. The summed E-state index contributed by atoms with van der Waals surface area (Å²) in [5, 5.41) is 2.80. The Morgan fingerprint density at radius 2 is 1.77 bits per heavy atom. The molecule has 0 atom stereocenters. The van der Waals surface area contributed by atoms with Crippen LogP contribution in [-0.2, 0) is 9.59 Å². The molecule has 0 saturated heterocycles. The van der Waals surface area contributed by atoms with Gasteiger partial charge in [-0.15, -0.1) is 0 Å². The molecule has 2 rings (SSSR count). The van der Waals surface area contributed by atoms with Gasteiger partial charge in [0.2, 0.25) is 11.8 Å². The third kappa shape index (κ3) is 5.13. The van der Waals surface area contributed by atoms with Gasteiger partial charge in [-0.2, -0.15) is 0 Å². The average Bonchev–Trinajstić information content (AvgIpc) is 2.65. The van der Waals surface area contributed by atoms with Gasteiger partial charge < -0.3 is 21.4 Å². The fourth-order valence-corrected chi connectivity index (χ4v) is 2.40. The van der Waals surface area contributed by atoms with Crippen LogP contribution >= 0.6 is 11.6 Å². The van der Waals surface area contributed by atoms with Crippen molar-refractivity contribution in [1.29, 1.82) is 0 Å². The molecule has 0 spiro atoms. The molecular formula is C18H20ClN3O4. The summed E-state index contributed by atoms with van der Waals surface area (Å²) in [4.78, 5) is 37.6. The monoisotopic (exact) mass is 377 g/mol. The summed E-state index contributed by atoms with van der Waals surface area (Å²) in [6.07, 6.45) is 0. The lowest BCUT2D eigenvalue weighted by Gasteiger charge is -2.21. The number of hydrogen-bond donors (Lipinski definition) is 2. The number of likely N-dealkylation sites (N-methyl/N-ethyl adjacent to an activating group) is 1. The molecule has 0 heterocycles. The highest BCUT2D eigenvalue weighted by Crippen LogP contribution is 2.26. The Bertz CT molecular complexity index is 796. The van der Waals surface area contributed by atoms with Crippen molar-refractivity contribution in [2.75, 3.05) is 25.0 Å². The topological polar surface area (TPSA) is 124 Å². The Labute approximate surface area is 156 Å². The first-order chi connectivity index (χ1) is 11.9. The molecule has 0 fully saturated rings. The molecule has 0 aliphatic rings. The summed E-state index contributed by atoms with van der Waals surface area (Å²) >= 11 is 6.03. The third-order valence-electron chi connectivity index (χ3n) is 3.60. The second-order valence-corrected chi connectivity index (χ2v) is 5.73. The van der Waals surface area contributed by atoms with Gasteiger partial charge in [0.25, 0.3) is 0 Å². The predicted molar refractivity (Wildman–Crippen MR) is 100 cm³/mol. The number of ketones is 1. The number of benzene rings is 2. The molecule has 2 amide bonds. The predicted octanol–water partition coefficient (Wildman–Crippen LogP) is 0.784. The molecule has 2 aromatic rings. The number of amides is 2. The van der Waals surface area contributed by atoms with Gasteiger partial charge in [-0.25, -0.2) is 0 Å². The zero-order valence-corrected chi connectivity index (χ0v) is 14.9. The maximum absolute atomic E-state index is 12.8. The van der Waals surface area contributed by atoms with Crippen LogP contribution < -0.4 is 16.0 Å². The summed E-state index contributed by atoms with van der Waals surface area (Å²) in [5.74, 6) is -1.06. The van der Waals surface area contributed by atoms with E-state index in [0.717, 1.165) is 0 Å². The summed E-state index contributed by atoms with van der Waals surface area (Å²) < 4.78 is 0. The number of halogens is 1. The third-order valence-corrected chi connectivity index (χ3v) is 3.83. The number of carbonyl (C=O) groups is 3. The van der Waals surface area contributed by atoms with Crippen LogP contribution in [-0.4, -0.2) is 43.2 Å². The van der Waals surface area contributed by atoms with Crippen molar-refractivity contribution >= 4 is 34.9 Å². The number of carbonyl (C=O) groups excluding carboxylic acids is 3. The van der Waals surface area contributed by atoms with E-state index < -0.39 is 5.91 Å². The molecule has 5 N–H and O–H groups in total. The molecule has 2 aromatic carbocycles. The number of nitrogens with one attached hydrogen (secondary N) is 1. The van der Waals surface area contributed by atoms with Crippen LogP contribution in [0.25, 0.3) is 0 Å². The van der Waals surface area contributed by atoms with Crippen molar-refractivity contribution in [1.82, 2.24) is 5.32 Å². The molecule has 138 valence electrons. The standard InChI is InChI=1S/C18H18ClN3O3.H2O/c1-22(17(24)11-21-16(23)10-20)15-8-7-13(19)9-14(15)18(25)12-5-3-2-4-6-12;/h2-9H,10-11,20H2,1H3,(H,21,23);1H2. The molecular weight excluding hydrogens is 358 g/mol. The summed E-state index contributed by atoms with van der Waals surface area (Å²) in [6.45, 7) is -0.413. The van der Waals surface area contributed by atoms with E-state index in [9.17, 15) is 14.4 Å². The summed E-state index contributed by atoms with van der Waals surface area (Å²) in [5.41, 5.74) is 6.40. The lowest BCUT2D eigenvalue weighted by atomic mass is 10.0. The zero-order valence-electron chi connectivity index (χ0n) is 14.2. The van der Waals surface area contributed by atoms with Crippen LogP contribution in [0.15, 0.2) is 48.5 Å². The molecule has 0 radical (unpaired) electrons. The summed E-state index contributed by atoms with van der Waals surface area (Å²) in [7, 11) is 1.53. The Morgan fingerprint density at radius 3 is 2.38 bits per heavy atom. The van der Waals surface area contributed by atoms with Crippen LogP contribution in [0.5, 0.6) is 0 Å². The van der Waals surface area contributed by atoms with Crippen LogP contribution in [0, 0.1) is 0 Å². The van der Waals surface area contributed by atoms with Crippen LogP contribution in [0.3, 0.4) is 0 Å². The first kappa shape index (κ1) is 21.3. The SMILES string of the molecule is CN(C(=O)CNC(=O)CN)c1ccc(Cl)cc1C(=O)c1ccccc1.O. The van der Waals surface area contributed by atoms with Crippen molar-refractivity contribution < 1.29 is 19.9 Å². The Hall–Kier alpha value is -2.74. The fraction of sp³-hybridized carbons (Fsp3) is 0.167. The van der Waals surface area contributed by atoms with E-state index in [1.807, 2.05) is 6.07 Å². The molecule has 0 aliphatic heterocycles. The van der Waals surface area contributed by atoms with Crippen LogP contribution in [0.1, 0.15) is 15.9 Å². The second kappa shape index (κ2) is 9.67. The Kier molecular flexibility index (Phi) is 7.92. The first-order valence-corrected chi connectivity index (χ1v) is 7.94. The number of nitrogens with zero attached hydrogens (tertiary/aromatic N) is 1. The van der Waals surface area contributed by atoms with Gasteiger partial charge in [-0.05, 0) is 18.2 Å². The molecule has 0 unspecified atom stereocenters. The summed E-state index contributed by atoms with van der Waals surface area (Å²) in [6, 6.07) is 13.4. The Balaban J connectivity index is 0.00000338. The van der Waals surface area contributed by atoms with E-state index in [1.54, 1.807) is 36.4 Å². The molecule has 0 bridgehead atoms. The number of nitrogens with two attached hydrogens (primary N) is 1. The lowest BCUT2D eigenvalue weighted by molar-refractivity contribution is -0.124. The van der Waals surface area contributed by atoms with Gasteiger partial charge in [0.05, 0.1) is 18.8 Å². The van der Waals surface area contributed by atoms with E-state index in [0.29, 0.717) is 21.8 Å². The Morgan fingerprint density at radius 1 is 1.12 bits per heavy atom. The molecule has 26 heavy (non-hydrogen) atoms. The van der Waals surface area contributed by atoms with E-state index in [1.165, 1.54) is 18.0 Å². The van der Waals surface area contributed by atoms with Crippen LogP contribution in [0.4, 0.5) is 5.69 Å². The van der Waals surface area contributed by atoms with E-state index in [-0.39, 0.29) is 30.3 Å². The normalized spacial score (nSPS) is 9.81. The molecule has 8 heteroatoms. The van der Waals surface area contributed by atoms with E-state index in [4.69, 9.17) is 17.3 Å². The van der Waals surface area contributed by atoms with Gasteiger partial charge in [-0.3, -0.25) is 14.4 Å². The van der Waals surface area contributed by atoms with Crippen LogP contribution in [0.2, 0.25) is 5.02 Å². The maximum Gasteiger partial charge on any atom is 0.246 e. The minimum absolute atomic E-state index is 0. The number of anilines is 1. The van der Waals surface area contributed by atoms with E-state index in [2.05, 4.69) is 5.32 Å². The van der Waals surface area contributed by atoms with Gasteiger partial charge in [0, 0.05) is 23.2 Å². The van der Waals surface area contributed by atoms with Gasteiger partial charge >= 0.3 is 0 Å². The highest BCUT2D eigenvalue weighted by Gasteiger charge is 2.20. The average molecular weight is 378 g/mol. The molecule has 7 nitrogen and oxygen atoms in total. The van der Waals surface area contributed by atoms with Crippen molar-refractivity contribution in [3.8, 4) is 0 Å². The van der Waals surface area contributed by atoms with Crippen molar-refractivity contribution in [2.24, 2.45) is 5.73 Å². The smallest absolute Gasteiger partial charge is 0.246 e. The van der Waals surface area contributed by atoms with E-state index >= 15 is 0 Å². The minimum Gasteiger partial charge on any atom is -0.412 e. The van der Waals surface area contributed by atoms with Crippen molar-refractivity contribution in [3.05, 3.63) is 64.7 Å². The fourth-order valence-electron chi connectivity index (χ4n) is 2.23. The highest BCUT2D eigenvalue weighted by atomic mass is 35.5. The van der Waals surface area contributed by atoms with Crippen molar-refractivity contribution in [3.63, 3.8) is 0 Å². The molecule has 0 saturated carbocycles. The van der Waals surface area contributed by atoms with Gasteiger partial charge in [0.1, 0.15) is 0 Å². The van der Waals surface area contributed by atoms with Gasteiger partial charge in [0.15, 0.2) is 5.78 Å². The highest BCUT2D eigenvalue weighted by molar-refractivity contribution is 6.31. The number of hydrogen-bond acceptors (Lipinski definition) is 4. The largest absolute Gasteiger partial charge is 0.412 e. The quantitative estimate of drug-likeness (QED) is 0.722. The van der Waals surface area contributed by atoms with Crippen molar-refractivity contribution in [2.45, 2.75) is 0 Å². The molecule has 0 aliphatic carbocycles. The number of rotatable bonds is 6. The minimum atomic E-state index is -0.432. The second-order valence-electron chi connectivity index (χ2n) is 5.29.